The van der Waals surface area contributed by atoms with Crippen LogP contribution in [-0.4, -0.2) is 44.8 Å². The molecule has 2 aromatic carbocycles. The Balaban J connectivity index is 1.92. The number of ketones is 2. The van der Waals surface area contributed by atoms with Gasteiger partial charge in [0.15, 0.2) is 0 Å². The van der Waals surface area contributed by atoms with Gasteiger partial charge in [0, 0.05) is 24.3 Å². The van der Waals surface area contributed by atoms with Gasteiger partial charge in [-0.25, -0.2) is 4.68 Å². The van der Waals surface area contributed by atoms with Crippen molar-refractivity contribution in [3.63, 3.8) is 0 Å². The number of hydrogen-bond donors (Lipinski definition) is 2. The van der Waals surface area contributed by atoms with Gasteiger partial charge < -0.3 is 10.4 Å². The fraction of sp³-hybridized carbons (Fsp3) is 0.158. The first-order chi connectivity index (χ1) is 12.7. The average Bonchev–Trinajstić information content (AvgIpc) is 3.10. The Hall–Kier alpha value is -3.32. The van der Waals surface area contributed by atoms with Crippen LogP contribution in [0.15, 0.2) is 54.2 Å². The lowest BCUT2D eigenvalue weighted by molar-refractivity contribution is 0.0981. The van der Waals surface area contributed by atoms with E-state index in [9.17, 15) is 9.59 Å². The van der Waals surface area contributed by atoms with Crippen molar-refractivity contribution in [1.29, 1.82) is 0 Å². The molecule has 4 rings (SSSR count). The Morgan fingerprint density at radius 1 is 0.962 bits per heavy atom. The second kappa shape index (κ2) is 6.53. The number of hydrogen-bond acceptors (Lipinski definition) is 6. The average molecular weight is 348 g/mol. The molecule has 26 heavy (non-hydrogen) atoms. The number of allylic oxidation sites excluding steroid dienone is 2. The molecular weight excluding hydrogens is 332 g/mol. The highest BCUT2D eigenvalue weighted by Gasteiger charge is 2.34. The van der Waals surface area contributed by atoms with E-state index in [1.54, 1.807) is 36.4 Å². The molecular formula is C19H16N4O3. The van der Waals surface area contributed by atoms with Crippen molar-refractivity contribution >= 4 is 28.3 Å². The quantitative estimate of drug-likeness (QED) is 0.681. The maximum Gasteiger partial charge on any atom is 0.214 e. The van der Waals surface area contributed by atoms with E-state index in [1.807, 2.05) is 12.1 Å². The first kappa shape index (κ1) is 16.2. The third-order valence-corrected chi connectivity index (χ3v) is 4.30. The van der Waals surface area contributed by atoms with E-state index in [-0.39, 0.29) is 29.6 Å². The van der Waals surface area contributed by atoms with Crippen LogP contribution in [0.3, 0.4) is 0 Å². The molecule has 7 nitrogen and oxygen atoms in total. The summed E-state index contributed by atoms with van der Waals surface area (Å²) in [6.07, 6.45) is 0.456. The van der Waals surface area contributed by atoms with Crippen LogP contribution >= 0.6 is 0 Å². The van der Waals surface area contributed by atoms with Crippen molar-refractivity contribution < 1.29 is 14.7 Å². The van der Waals surface area contributed by atoms with Crippen LogP contribution in [0.2, 0.25) is 0 Å². The standard InChI is InChI=1S/C19H16N4O3/c24-11-5-10-20-16-17(23-15-9-4-3-8-14(15)21-22-23)19(26)13-7-2-1-6-12(13)18(16)25/h1-4,6-9,20,24H,5,10-11H2. The van der Waals surface area contributed by atoms with Crippen molar-refractivity contribution in [1.82, 2.24) is 20.3 Å². The maximum absolute atomic E-state index is 13.2. The zero-order valence-corrected chi connectivity index (χ0v) is 13.8. The van der Waals surface area contributed by atoms with E-state index in [1.165, 1.54) is 4.68 Å². The Labute approximate surface area is 148 Å². The van der Waals surface area contributed by atoms with Gasteiger partial charge in [0.25, 0.3) is 0 Å². The first-order valence-electron chi connectivity index (χ1n) is 8.30. The number of nitrogens with one attached hydrogen (secondary N) is 1. The topological polar surface area (TPSA) is 97.1 Å². The second-order valence-corrected chi connectivity index (χ2v) is 5.92. The summed E-state index contributed by atoms with van der Waals surface area (Å²) in [6.45, 7) is 0.351. The van der Waals surface area contributed by atoms with Crippen molar-refractivity contribution in [2.45, 2.75) is 6.42 Å². The molecule has 0 aliphatic heterocycles. The number of Topliss-reactive ketones (excluding diaryl/α,β-unsaturated/α-hetero) is 2. The van der Waals surface area contributed by atoms with Crippen molar-refractivity contribution in [3.05, 3.63) is 65.4 Å². The van der Waals surface area contributed by atoms with E-state index < -0.39 is 0 Å². The van der Waals surface area contributed by atoms with Gasteiger partial charge in [-0.15, -0.1) is 5.10 Å². The Morgan fingerprint density at radius 3 is 2.42 bits per heavy atom. The molecule has 0 spiro atoms. The van der Waals surface area contributed by atoms with Gasteiger partial charge in [0.1, 0.15) is 16.9 Å². The zero-order valence-electron chi connectivity index (χ0n) is 13.8. The Bertz CT molecular complexity index is 1050. The van der Waals surface area contributed by atoms with Crippen LogP contribution in [-0.2, 0) is 0 Å². The van der Waals surface area contributed by atoms with Gasteiger partial charge in [-0.2, -0.15) is 0 Å². The molecule has 1 aliphatic rings. The minimum Gasteiger partial charge on any atom is -0.396 e. The van der Waals surface area contributed by atoms with Crippen LogP contribution in [0.25, 0.3) is 16.7 Å². The largest absolute Gasteiger partial charge is 0.396 e. The van der Waals surface area contributed by atoms with Gasteiger partial charge in [0.05, 0.1) is 5.52 Å². The van der Waals surface area contributed by atoms with Crippen molar-refractivity contribution in [3.8, 4) is 0 Å². The molecule has 1 aliphatic carbocycles. The van der Waals surface area contributed by atoms with Gasteiger partial charge in [-0.1, -0.05) is 41.6 Å². The molecule has 0 bridgehead atoms. The summed E-state index contributed by atoms with van der Waals surface area (Å²) in [4.78, 5) is 26.2. The van der Waals surface area contributed by atoms with Gasteiger partial charge in [-0.05, 0) is 18.6 Å². The monoisotopic (exact) mass is 348 g/mol. The zero-order chi connectivity index (χ0) is 18.1. The van der Waals surface area contributed by atoms with Crippen LogP contribution < -0.4 is 5.32 Å². The van der Waals surface area contributed by atoms with Gasteiger partial charge in [0.2, 0.25) is 11.6 Å². The molecule has 0 unspecified atom stereocenters. The summed E-state index contributed by atoms with van der Waals surface area (Å²) in [5.41, 5.74) is 2.31. The third kappa shape index (κ3) is 2.49. The molecule has 2 N–H and O–H groups in total. The highest BCUT2D eigenvalue weighted by molar-refractivity contribution is 6.37. The second-order valence-electron chi connectivity index (χ2n) is 5.92. The summed E-state index contributed by atoms with van der Waals surface area (Å²) in [7, 11) is 0. The number of rotatable bonds is 5. The first-order valence-corrected chi connectivity index (χ1v) is 8.30. The summed E-state index contributed by atoms with van der Waals surface area (Å²) in [6, 6.07) is 14.0. The molecule has 0 atom stereocenters. The Morgan fingerprint density at radius 2 is 1.65 bits per heavy atom. The predicted molar refractivity (Wildman–Crippen MR) is 95.6 cm³/mol. The number of carbonyl (C=O) groups is 2. The van der Waals surface area contributed by atoms with Gasteiger partial charge >= 0.3 is 0 Å². The lowest BCUT2D eigenvalue weighted by atomic mass is 9.90. The smallest absolute Gasteiger partial charge is 0.214 e. The van der Waals surface area contributed by atoms with Gasteiger partial charge in [-0.3, -0.25) is 9.59 Å². The normalized spacial score (nSPS) is 14.0. The molecule has 130 valence electrons. The van der Waals surface area contributed by atoms with Crippen LogP contribution in [0.1, 0.15) is 27.1 Å². The SMILES string of the molecule is O=C1C(NCCCO)=C(n2nnc3ccccc32)C(=O)c2ccccc21. The Kier molecular flexibility index (Phi) is 4.06. The number of benzene rings is 2. The number of aliphatic hydroxyl groups excluding tert-OH is 1. The molecule has 1 heterocycles. The maximum atomic E-state index is 13.2. The third-order valence-electron chi connectivity index (χ3n) is 4.30. The van der Waals surface area contributed by atoms with Crippen LogP contribution in [0.5, 0.6) is 0 Å². The number of nitrogens with zero attached hydrogens (tertiary/aromatic N) is 3. The highest BCUT2D eigenvalue weighted by atomic mass is 16.3. The molecule has 0 fully saturated rings. The van der Waals surface area contributed by atoms with Crippen molar-refractivity contribution in [2.24, 2.45) is 0 Å². The van der Waals surface area contributed by atoms with E-state index in [0.717, 1.165) is 0 Å². The fourth-order valence-corrected chi connectivity index (χ4v) is 3.06. The molecule has 0 amide bonds. The number of para-hydroxylation sites is 1. The molecule has 3 aromatic rings. The van der Waals surface area contributed by atoms with Crippen LogP contribution in [0, 0.1) is 0 Å². The lowest BCUT2D eigenvalue weighted by Gasteiger charge is -2.21. The molecule has 0 saturated carbocycles. The van der Waals surface area contributed by atoms with Crippen LogP contribution in [0.4, 0.5) is 0 Å². The lowest BCUT2D eigenvalue weighted by Crippen LogP contribution is -2.32. The minimum atomic E-state index is -0.289. The van der Waals surface area contributed by atoms with E-state index in [2.05, 4.69) is 15.6 Å². The number of aliphatic hydroxyl groups is 1. The van der Waals surface area contributed by atoms with E-state index >= 15 is 0 Å². The number of aromatic nitrogens is 3. The highest BCUT2D eigenvalue weighted by Crippen LogP contribution is 2.29. The summed E-state index contributed by atoms with van der Waals surface area (Å²) >= 11 is 0. The number of carbonyl (C=O) groups excluding carboxylic acids is 2. The number of fused-ring (bicyclic) bond motifs is 2. The van der Waals surface area contributed by atoms with Crippen molar-refractivity contribution in [2.75, 3.05) is 13.2 Å². The molecule has 0 saturated heterocycles. The summed E-state index contributed by atoms with van der Waals surface area (Å²) in [5, 5.41) is 20.2. The molecule has 7 heteroatoms. The predicted octanol–water partition coefficient (Wildman–Crippen LogP) is 1.65. The molecule has 0 radical (unpaired) electrons. The molecule has 1 aromatic heterocycles. The van der Waals surface area contributed by atoms with E-state index in [4.69, 9.17) is 5.11 Å². The van der Waals surface area contributed by atoms with E-state index in [0.29, 0.717) is 35.1 Å². The summed E-state index contributed by atoms with van der Waals surface area (Å²) in [5.74, 6) is -0.560. The minimum absolute atomic E-state index is 0.0133. The summed E-state index contributed by atoms with van der Waals surface area (Å²) < 4.78 is 1.41. The fourth-order valence-electron chi connectivity index (χ4n) is 3.06.